The molecule has 5 heteroatoms. The number of aliphatic hydroxyl groups is 1. The van der Waals surface area contributed by atoms with E-state index in [-0.39, 0.29) is 29.2 Å². The van der Waals surface area contributed by atoms with Crippen LogP contribution in [-0.4, -0.2) is 20.4 Å². The average molecular weight is 274 g/mol. The second-order valence-corrected chi connectivity index (χ2v) is 4.88. The number of fused-ring (bicyclic) bond motifs is 1. The van der Waals surface area contributed by atoms with Crippen molar-refractivity contribution in [2.24, 2.45) is 0 Å². The SMILES string of the molecule is Oc1ccc(C2(O)CCc3ccc(O)cc3O2)c(O)c1. The molecule has 20 heavy (non-hydrogen) atoms. The lowest BCUT2D eigenvalue weighted by atomic mass is 9.93. The first-order valence-electron chi connectivity index (χ1n) is 6.24. The number of hydrogen-bond donors (Lipinski definition) is 4. The van der Waals surface area contributed by atoms with Gasteiger partial charge in [0, 0.05) is 18.6 Å². The summed E-state index contributed by atoms with van der Waals surface area (Å²) in [6.07, 6.45) is 0.815. The first kappa shape index (κ1) is 12.6. The van der Waals surface area contributed by atoms with Crippen molar-refractivity contribution in [3.63, 3.8) is 0 Å². The summed E-state index contributed by atoms with van der Waals surface area (Å²) >= 11 is 0. The Hall–Kier alpha value is -2.40. The lowest BCUT2D eigenvalue weighted by Crippen LogP contribution is -2.36. The molecule has 0 saturated heterocycles. The molecule has 1 aliphatic rings. The molecule has 1 aliphatic heterocycles. The molecule has 1 atom stereocenters. The van der Waals surface area contributed by atoms with E-state index in [1.54, 1.807) is 12.1 Å². The van der Waals surface area contributed by atoms with Crippen molar-refractivity contribution in [2.45, 2.75) is 18.6 Å². The lowest BCUT2D eigenvalue weighted by Gasteiger charge is -2.34. The van der Waals surface area contributed by atoms with E-state index in [1.165, 1.54) is 18.2 Å². The molecule has 4 N–H and O–H groups in total. The summed E-state index contributed by atoms with van der Waals surface area (Å²) in [6, 6.07) is 8.66. The first-order chi connectivity index (χ1) is 9.48. The van der Waals surface area contributed by atoms with Crippen LogP contribution < -0.4 is 4.74 Å². The fourth-order valence-corrected chi connectivity index (χ4v) is 2.42. The van der Waals surface area contributed by atoms with Crippen molar-refractivity contribution in [1.82, 2.24) is 0 Å². The fourth-order valence-electron chi connectivity index (χ4n) is 2.42. The molecule has 1 unspecified atom stereocenters. The van der Waals surface area contributed by atoms with Gasteiger partial charge < -0.3 is 25.2 Å². The van der Waals surface area contributed by atoms with Gasteiger partial charge in [0.1, 0.15) is 23.0 Å². The van der Waals surface area contributed by atoms with E-state index in [4.69, 9.17) is 4.74 Å². The summed E-state index contributed by atoms with van der Waals surface area (Å²) < 4.78 is 5.56. The Bertz CT molecular complexity index is 667. The summed E-state index contributed by atoms with van der Waals surface area (Å²) in [6.45, 7) is 0. The van der Waals surface area contributed by atoms with Crippen LogP contribution in [0.25, 0.3) is 0 Å². The smallest absolute Gasteiger partial charge is 0.238 e. The number of hydrogen-bond acceptors (Lipinski definition) is 5. The highest BCUT2D eigenvalue weighted by molar-refractivity contribution is 5.46. The molecular weight excluding hydrogens is 260 g/mol. The molecule has 0 aromatic heterocycles. The molecular formula is C15H14O5. The minimum atomic E-state index is -1.68. The van der Waals surface area contributed by atoms with E-state index in [0.29, 0.717) is 12.2 Å². The zero-order valence-corrected chi connectivity index (χ0v) is 10.6. The highest BCUT2D eigenvalue weighted by Gasteiger charge is 2.38. The molecule has 0 aliphatic carbocycles. The second-order valence-electron chi connectivity index (χ2n) is 4.88. The predicted octanol–water partition coefficient (Wildman–Crippen LogP) is 1.97. The monoisotopic (exact) mass is 274 g/mol. The Morgan fingerprint density at radius 1 is 0.950 bits per heavy atom. The first-order valence-corrected chi connectivity index (χ1v) is 6.24. The van der Waals surface area contributed by atoms with Crippen LogP contribution >= 0.6 is 0 Å². The summed E-state index contributed by atoms with van der Waals surface area (Å²) in [5, 5.41) is 39.2. The molecule has 0 fully saturated rings. The molecule has 0 radical (unpaired) electrons. The molecule has 1 heterocycles. The van der Waals surface area contributed by atoms with Crippen LogP contribution in [0.3, 0.4) is 0 Å². The molecule has 0 bridgehead atoms. The van der Waals surface area contributed by atoms with Gasteiger partial charge >= 0.3 is 0 Å². The molecule has 3 rings (SSSR count). The van der Waals surface area contributed by atoms with E-state index >= 15 is 0 Å². The van der Waals surface area contributed by atoms with Crippen molar-refractivity contribution < 1.29 is 25.2 Å². The number of aryl methyl sites for hydroxylation is 1. The molecule has 5 nitrogen and oxygen atoms in total. The predicted molar refractivity (Wildman–Crippen MR) is 70.7 cm³/mol. The largest absolute Gasteiger partial charge is 0.508 e. The number of rotatable bonds is 1. The quantitative estimate of drug-likeness (QED) is 0.638. The van der Waals surface area contributed by atoms with E-state index in [9.17, 15) is 20.4 Å². The zero-order valence-electron chi connectivity index (χ0n) is 10.6. The van der Waals surface area contributed by atoms with Gasteiger partial charge in [0.2, 0.25) is 5.79 Å². The highest BCUT2D eigenvalue weighted by atomic mass is 16.6. The summed E-state index contributed by atoms with van der Waals surface area (Å²) in [4.78, 5) is 0. The Labute approximate surface area is 115 Å². The van der Waals surface area contributed by atoms with Gasteiger partial charge in [-0.2, -0.15) is 0 Å². The normalized spacial score (nSPS) is 21.1. The number of phenolic OH excluding ortho intramolecular Hbond substituents is 3. The maximum absolute atomic E-state index is 10.6. The van der Waals surface area contributed by atoms with Crippen molar-refractivity contribution in [2.75, 3.05) is 0 Å². The van der Waals surface area contributed by atoms with Gasteiger partial charge in [-0.25, -0.2) is 0 Å². The fraction of sp³-hybridized carbons (Fsp3) is 0.200. The molecule has 2 aromatic carbocycles. The van der Waals surface area contributed by atoms with E-state index < -0.39 is 5.79 Å². The van der Waals surface area contributed by atoms with Crippen molar-refractivity contribution in [3.8, 4) is 23.0 Å². The molecule has 0 spiro atoms. The van der Waals surface area contributed by atoms with Gasteiger partial charge in [0.05, 0.1) is 5.56 Å². The third-order valence-corrected chi connectivity index (χ3v) is 3.46. The summed E-state index contributed by atoms with van der Waals surface area (Å²) in [5.41, 5.74) is 1.06. The van der Waals surface area contributed by atoms with Crippen molar-refractivity contribution in [1.29, 1.82) is 0 Å². The van der Waals surface area contributed by atoms with Crippen LogP contribution in [0.4, 0.5) is 0 Å². The maximum atomic E-state index is 10.6. The number of phenols is 3. The Morgan fingerprint density at radius 3 is 2.40 bits per heavy atom. The van der Waals surface area contributed by atoms with Gasteiger partial charge in [0.25, 0.3) is 0 Å². The van der Waals surface area contributed by atoms with Crippen LogP contribution in [0.5, 0.6) is 23.0 Å². The molecule has 0 amide bonds. The van der Waals surface area contributed by atoms with E-state index in [0.717, 1.165) is 11.6 Å². The van der Waals surface area contributed by atoms with E-state index in [2.05, 4.69) is 0 Å². The van der Waals surface area contributed by atoms with Crippen LogP contribution in [0.1, 0.15) is 17.5 Å². The maximum Gasteiger partial charge on any atom is 0.238 e. The summed E-state index contributed by atoms with van der Waals surface area (Å²) in [7, 11) is 0. The second kappa shape index (κ2) is 4.31. The Kier molecular flexibility index (Phi) is 2.72. The van der Waals surface area contributed by atoms with Crippen LogP contribution in [0.2, 0.25) is 0 Å². The number of ether oxygens (including phenoxy) is 1. The minimum absolute atomic E-state index is 0.0444. The standard InChI is InChI=1S/C15H14O5/c16-10-3-4-12(13(18)7-10)15(19)6-5-9-1-2-11(17)8-14(9)20-15/h1-4,7-8,16-19H,5-6H2. The molecule has 0 saturated carbocycles. The van der Waals surface area contributed by atoms with Crippen LogP contribution in [0, 0.1) is 0 Å². The van der Waals surface area contributed by atoms with Gasteiger partial charge in [-0.3, -0.25) is 0 Å². The van der Waals surface area contributed by atoms with Crippen molar-refractivity contribution >= 4 is 0 Å². The highest BCUT2D eigenvalue weighted by Crippen LogP contribution is 2.42. The third-order valence-electron chi connectivity index (χ3n) is 3.46. The van der Waals surface area contributed by atoms with Crippen molar-refractivity contribution in [3.05, 3.63) is 47.5 Å². The topological polar surface area (TPSA) is 90.2 Å². The van der Waals surface area contributed by atoms with E-state index in [1.807, 2.05) is 0 Å². The lowest BCUT2D eigenvalue weighted by molar-refractivity contribution is -0.159. The Morgan fingerprint density at radius 2 is 1.65 bits per heavy atom. The van der Waals surface area contributed by atoms with Gasteiger partial charge in [-0.15, -0.1) is 0 Å². The van der Waals surface area contributed by atoms with Gasteiger partial charge in [0.15, 0.2) is 0 Å². The van der Waals surface area contributed by atoms with Crippen LogP contribution in [0.15, 0.2) is 36.4 Å². The number of aromatic hydroxyl groups is 3. The van der Waals surface area contributed by atoms with Gasteiger partial charge in [-0.05, 0) is 30.2 Å². The van der Waals surface area contributed by atoms with Gasteiger partial charge in [-0.1, -0.05) is 6.07 Å². The number of benzene rings is 2. The Balaban J connectivity index is 2.02. The average Bonchev–Trinajstić information content (AvgIpc) is 2.37. The molecule has 2 aromatic rings. The summed E-state index contributed by atoms with van der Waals surface area (Å²) in [5.74, 6) is -1.59. The zero-order chi connectivity index (χ0) is 14.3. The van der Waals surface area contributed by atoms with Crippen LogP contribution in [-0.2, 0) is 12.2 Å². The molecule has 104 valence electrons. The minimum Gasteiger partial charge on any atom is -0.508 e. The third kappa shape index (κ3) is 2.02.